The van der Waals surface area contributed by atoms with Gasteiger partial charge >= 0.3 is 0 Å². The van der Waals surface area contributed by atoms with Crippen LogP contribution in [0.25, 0.3) is 11.3 Å². The summed E-state index contributed by atoms with van der Waals surface area (Å²) in [4.78, 5) is 20.8. The lowest BCUT2D eigenvalue weighted by molar-refractivity contribution is -0.132. The van der Waals surface area contributed by atoms with Crippen LogP contribution < -0.4 is 0 Å². The zero-order valence-electron chi connectivity index (χ0n) is 17.0. The van der Waals surface area contributed by atoms with Gasteiger partial charge < -0.3 is 4.90 Å². The molecule has 1 aliphatic heterocycles. The minimum Gasteiger partial charge on any atom is -0.340 e. The van der Waals surface area contributed by atoms with E-state index < -0.39 is 0 Å². The quantitative estimate of drug-likeness (QED) is 0.652. The molecule has 3 aromatic rings. The van der Waals surface area contributed by atoms with Gasteiger partial charge in [-0.15, -0.1) is 11.3 Å². The number of benzene rings is 1. The second-order valence-electron chi connectivity index (χ2n) is 7.48. The first-order valence-electron chi connectivity index (χ1n) is 10.0. The molecule has 3 heterocycles. The molecule has 1 amide bonds. The summed E-state index contributed by atoms with van der Waals surface area (Å²) in [6.45, 7) is 7.47. The molecule has 2 aromatic heterocycles. The van der Waals surface area contributed by atoms with Crippen LogP contribution in [-0.4, -0.2) is 38.7 Å². The molecule has 0 saturated heterocycles. The molecule has 0 fully saturated rings. The van der Waals surface area contributed by atoms with E-state index in [-0.39, 0.29) is 18.3 Å². The monoisotopic (exact) mass is 412 g/mol. The number of halogens is 1. The summed E-state index contributed by atoms with van der Waals surface area (Å²) in [5.41, 5.74) is 4.37. The highest BCUT2D eigenvalue weighted by Gasteiger charge is 2.22. The van der Waals surface area contributed by atoms with Crippen LogP contribution in [0.2, 0.25) is 0 Å². The molecule has 29 heavy (non-hydrogen) atoms. The summed E-state index contributed by atoms with van der Waals surface area (Å²) in [7, 11) is 0. The third-order valence-corrected chi connectivity index (χ3v) is 6.50. The van der Waals surface area contributed by atoms with Crippen LogP contribution >= 0.6 is 11.3 Å². The Morgan fingerprint density at radius 2 is 2.00 bits per heavy atom. The van der Waals surface area contributed by atoms with E-state index in [1.54, 1.807) is 35.1 Å². The van der Waals surface area contributed by atoms with E-state index in [4.69, 9.17) is 0 Å². The predicted molar refractivity (Wildman–Crippen MR) is 113 cm³/mol. The fourth-order valence-corrected chi connectivity index (χ4v) is 4.76. The summed E-state index contributed by atoms with van der Waals surface area (Å²) in [6.07, 6.45) is 2.46. The zero-order chi connectivity index (χ0) is 20.5. The van der Waals surface area contributed by atoms with E-state index in [2.05, 4.69) is 17.0 Å². The van der Waals surface area contributed by atoms with Crippen molar-refractivity contribution in [2.24, 2.45) is 0 Å². The van der Waals surface area contributed by atoms with Crippen molar-refractivity contribution in [3.8, 4) is 11.3 Å². The lowest BCUT2D eigenvalue weighted by Crippen LogP contribution is -2.36. The van der Waals surface area contributed by atoms with E-state index in [9.17, 15) is 9.18 Å². The van der Waals surface area contributed by atoms with E-state index in [0.717, 1.165) is 53.5 Å². The Morgan fingerprint density at radius 1 is 1.21 bits per heavy atom. The topological polar surface area (TPSA) is 51.0 Å². The number of fused-ring (bicyclic) bond motifs is 1. The highest BCUT2D eigenvalue weighted by atomic mass is 32.1. The molecule has 0 saturated carbocycles. The van der Waals surface area contributed by atoms with E-state index >= 15 is 0 Å². The zero-order valence-corrected chi connectivity index (χ0v) is 17.9. The average Bonchev–Trinajstić information content (AvgIpc) is 3.20. The van der Waals surface area contributed by atoms with Gasteiger partial charge in [0.05, 0.1) is 16.4 Å². The molecular formula is C22H25FN4OS. The average molecular weight is 413 g/mol. The molecule has 7 heteroatoms. The van der Waals surface area contributed by atoms with Crippen molar-refractivity contribution in [2.45, 2.75) is 46.6 Å². The fourth-order valence-electron chi connectivity index (χ4n) is 3.79. The molecule has 5 nitrogen and oxygen atoms in total. The molecule has 0 aliphatic carbocycles. The van der Waals surface area contributed by atoms with Crippen LogP contribution in [0.4, 0.5) is 4.39 Å². The highest BCUT2D eigenvalue weighted by Crippen LogP contribution is 2.24. The van der Waals surface area contributed by atoms with Gasteiger partial charge in [0.25, 0.3) is 0 Å². The molecule has 0 spiro atoms. The first-order chi connectivity index (χ1) is 13.9. The third-order valence-electron chi connectivity index (χ3n) is 5.43. The van der Waals surface area contributed by atoms with Crippen LogP contribution in [0.1, 0.15) is 33.8 Å². The lowest BCUT2D eigenvalue weighted by atomic mass is 10.1. The number of nitrogens with zero attached hydrogens (tertiary/aromatic N) is 4. The Bertz CT molecular complexity index is 1030. The first-order valence-corrected chi connectivity index (χ1v) is 10.8. The Kier molecular flexibility index (Phi) is 5.50. The molecule has 0 atom stereocenters. The first kappa shape index (κ1) is 19.8. The number of rotatable bonds is 4. The number of aryl methyl sites for hydroxylation is 3. The lowest BCUT2D eigenvalue weighted by Gasteiger charge is -2.20. The van der Waals surface area contributed by atoms with Gasteiger partial charge in [-0.3, -0.25) is 9.48 Å². The number of carbonyl (C=O) groups excluding carboxylic acids is 1. The molecule has 0 bridgehead atoms. The van der Waals surface area contributed by atoms with Crippen molar-refractivity contribution in [3.05, 3.63) is 56.9 Å². The summed E-state index contributed by atoms with van der Waals surface area (Å²) < 4.78 is 15.4. The van der Waals surface area contributed by atoms with Crippen molar-refractivity contribution in [1.82, 2.24) is 19.7 Å². The normalized spacial score (nSPS) is 14.0. The number of hydrogen-bond donors (Lipinski definition) is 0. The van der Waals surface area contributed by atoms with Gasteiger partial charge in [0, 0.05) is 42.1 Å². The van der Waals surface area contributed by atoms with Crippen LogP contribution in [-0.2, 0) is 30.6 Å². The SMILES string of the molecule is CCc1cc(-c2ccc(F)c(C)c2)nn1CC(=O)N1CCc2nc(C)sc2CC1. The van der Waals surface area contributed by atoms with Gasteiger partial charge in [0.2, 0.25) is 5.91 Å². The number of aromatic nitrogens is 3. The predicted octanol–water partition coefficient (Wildman–Crippen LogP) is 3.95. The Labute approximate surface area is 174 Å². The molecule has 0 unspecified atom stereocenters. The molecule has 0 N–H and O–H groups in total. The fraction of sp³-hybridized carbons (Fsp3) is 0.409. The minimum atomic E-state index is -0.224. The number of amides is 1. The maximum atomic E-state index is 13.6. The smallest absolute Gasteiger partial charge is 0.244 e. The van der Waals surface area contributed by atoms with Crippen molar-refractivity contribution >= 4 is 17.2 Å². The maximum Gasteiger partial charge on any atom is 0.244 e. The van der Waals surface area contributed by atoms with E-state index in [0.29, 0.717) is 12.1 Å². The van der Waals surface area contributed by atoms with Gasteiger partial charge in [0.1, 0.15) is 12.4 Å². The Hall–Kier alpha value is -2.54. The summed E-state index contributed by atoms with van der Waals surface area (Å²) >= 11 is 1.74. The Morgan fingerprint density at radius 3 is 2.76 bits per heavy atom. The minimum absolute atomic E-state index is 0.0801. The molecule has 4 rings (SSSR count). The highest BCUT2D eigenvalue weighted by molar-refractivity contribution is 7.11. The summed E-state index contributed by atoms with van der Waals surface area (Å²) in [5.74, 6) is -0.144. The van der Waals surface area contributed by atoms with Gasteiger partial charge in [-0.2, -0.15) is 5.10 Å². The molecule has 1 aromatic carbocycles. The third kappa shape index (κ3) is 4.10. The Balaban J connectivity index is 1.50. The van der Waals surface area contributed by atoms with Gasteiger partial charge in [-0.25, -0.2) is 9.37 Å². The maximum absolute atomic E-state index is 13.6. The van der Waals surface area contributed by atoms with E-state index in [1.165, 1.54) is 10.9 Å². The van der Waals surface area contributed by atoms with Gasteiger partial charge in [0.15, 0.2) is 0 Å². The standard InChI is InChI=1S/C22H25FN4OS/c1-4-17-12-20(16-5-6-18(23)14(2)11-16)25-27(17)13-22(28)26-9-7-19-21(8-10-26)29-15(3)24-19/h5-6,11-12H,4,7-10,13H2,1-3H3. The van der Waals surface area contributed by atoms with Gasteiger partial charge in [-0.1, -0.05) is 6.92 Å². The largest absolute Gasteiger partial charge is 0.340 e. The number of hydrogen-bond acceptors (Lipinski definition) is 4. The summed E-state index contributed by atoms with van der Waals surface area (Å²) in [5, 5.41) is 5.76. The van der Waals surface area contributed by atoms with E-state index in [1.807, 2.05) is 17.9 Å². The van der Waals surface area contributed by atoms with Crippen molar-refractivity contribution < 1.29 is 9.18 Å². The second-order valence-corrected chi connectivity index (χ2v) is 8.77. The van der Waals surface area contributed by atoms with Crippen molar-refractivity contribution in [2.75, 3.05) is 13.1 Å². The number of thiazole rings is 1. The summed E-state index contributed by atoms with van der Waals surface area (Å²) in [6, 6.07) is 6.99. The number of carbonyl (C=O) groups is 1. The van der Waals surface area contributed by atoms with Gasteiger partial charge in [-0.05, 0) is 50.1 Å². The van der Waals surface area contributed by atoms with Crippen LogP contribution in [0.15, 0.2) is 24.3 Å². The second kappa shape index (κ2) is 8.06. The van der Waals surface area contributed by atoms with Crippen molar-refractivity contribution in [3.63, 3.8) is 0 Å². The van der Waals surface area contributed by atoms with Crippen LogP contribution in [0, 0.1) is 19.7 Å². The molecule has 1 aliphatic rings. The van der Waals surface area contributed by atoms with Crippen LogP contribution in [0.3, 0.4) is 0 Å². The molecule has 152 valence electrons. The molecule has 0 radical (unpaired) electrons. The van der Waals surface area contributed by atoms with Crippen molar-refractivity contribution in [1.29, 1.82) is 0 Å². The molecular weight excluding hydrogens is 387 g/mol. The van der Waals surface area contributed by atoms with Crippen LogP contribution in [0.5, 0.6) is 0 Å².